The summed E-state index contributed by atoms with van der Waals surface area (Å²) in [7, 11) is 1.61. The molecule has 0 radical (unpaired) electrons. The third kappa shape index (κ3) is 4.56. The van der Waals surface area contributed by atoms with Gasteiger partial charge in [-0.25, -0.2) is 4.79 Å². The zero-order valence-electron chi connectivity index (χ0n) is 17.5. The van der Waals surface area contributed by atoms with Crippen LogP contribution in [0.1, 0.15) is 29.0 Å². The van der Waals surface area contributed by atoms with Gasteiger partial charge in [-0.15, -0.1) is 0 Å². The average molecular weight is 415 g/mol. The number of hydrogen-bond donors (Lipinski definition) is 2. The second-order valence-corrected chi connectivity index (χ2v) is 7.44. The summed E-state index contributed by atoms with van der Waals surface area (Å²) in [6, 6.07) is 22.2. The molecule has 5 nitrogen and oxygen atoms in total. The topological polar surface area (TPSA) is 73.6 Å². The molecule has 3 aromatic rings. The van der Waals surface area contributed by atoms with Gasteiger partial charge in [0.05, 0.1) is 7.11 Å². The van der Waals surface area contributed by atoms with Crippen molar-refractivity contribution in [2.24, 2.45) is 0 Å². The molecule has 0 atom stereocenters. The molecular formula is C26H26N2O3. The minimum Gasteiger partial charge on any atom is -0.497 e. The minimum atomic E-state index is -0.403. The lowest BCUT2D eigenvalue weighted by Gasteiger charge is -2.14. The van der Waals surface area contributed by atoms with Gasteiger partial charge in [0.1, 0.15) is 12.4 Å². The molecule has 5 heteroatoms. The molecule has 0 saturated carbocycles. The van der Waals surface area contributed by atoms with Gasteiger partial charge in [0.15, 0.2) is 0 Å². The highest BCUT2D eigenvalue weighted by molar-refractivity contribution is 5.79. The lowest BCUT2D eigenvalue weighted by Crippen LogP contribution is -2.26. The molecule has 0 fully saturated rings. The maximum absolute atomic E-state index is 12.2. The van der Waals surface area contributed by atoms with Crippen LogP contribution in [0, 0.1) is 0 Å². The minimum absolute atomic E-state index is 0.0658. The van der Waals surface area contributed by atoms with E-state index in [1.165, 1.54) is 22.3 Å². The number of nitrogens with one attached hydrogen (secondary N) is 1. The molecule has 31 heavy (non-hydrogen) atoms. The van der Waals surface area contributed by atoms with Crippen molar-refractivity contribution in [2.45, 2.75) is 12.3 Å². The predicted octanol–water partition coefficient (Wildman–Crippen LogP) is 5.22. The Morgan fingerprint density at radius 1 is 1.03 bits per heavy atom. The van der Waals surface area contributed by atoms with Gasteiger partial charge in [0, 0.05) is 24.2 Å². The summed E-state index contributed by atoms with van der Waals surface area (Å²) in [6.07, 6.45) is 4.19. The molecule has 0 aliphatic heterocycles. The molecule has 1 aliphatic rings. The number of benzene rings is 3. The number of nitrogen functional groups attached to an aromatic ring is 1. The largest absolute Gasteiger partial charge is 0.497 e. The second-order valence-electron chi connectivity index (χ2n) is 7.44. The molecule has 0 bridgehead atoms. The number of methoxy groups -OCH3 is 1. The Kier molecular flexibility index (Phi) is 6.22. The average Bonchev–Trinajstić information content (AvgIpc) is 3.12. The highest BCUT2D eigenvalue weighted by Crippen LogP contribution is 2.44. The molecule has 0 unspecified atom stereocenters. The molecule has 158 valence electrons. The Morgan fingerprint density at radius 2 is 1.71 bits per heavy atom. The Morgan fingerprint density at radius 3 is 2.35 bits per heavy atom. The summed E-state index contributed by atoms with van der Waals surface area (Å²) in [5.74, 6) is 0.794. The lowest BCUT2D eigenvalue weighted by atomic mass is 9.98. The van der Waals surface area contributed by atoms with E-state index in [0.717, 1.165) is 11.3 Å². The van der Waals surface area contributed by atoms with Gasteiger partial charge < -0.3 is 20.5 Å². The highest BCUT2D eigenvalue weighted by atomic mass is 16.5. The number of carbonyl (C=O) groups is 1. The molecule has 3 N–H and O–H groups in total. The van der Waals surface area contributed by atoms with Gasteiger partial charge in [-0.2, -0.15) is 0 Å². The quantitative estimate of drug-likeness (QED) is 0.411. The standard InChI is InChI=1S/C26H26N2O3/c1-30-19-14-13-18(25(27)16-19)8-6-7-15-28-26(29)31-17-24-22-11-4-2-9-20(22)21-10-3-5-12-23(21)24/h2-6,8-14,16,24H,7,15,17,27H2,1H3,(H,28,29). The van der Waals surface area contributed by atoms with Gasteiger partial charge in [0.25, 0.3) is 0 Å². The van der Waals surface area contributed by atoms with Crippen LogP contribution in [-0.4, -0.2) is 26.4 Å². The molecular weight excluding hydrogens is 388 g/mol. The van der Waals surface area contributed by atoms with Crippen molar-refractivity contribution < 1.29 is 14.3 Å². The molecule has 4 rings (SSSR count). The van der Waals surface area contributed by atoms with Crippen molar-refractivity contribution in [1.82, 2.24) is 5.32 Å². The third-order valence-corrected chi connectivity index (χ3v) is 5.52. The smallest absolute Gasteiger partial charge is 0.407 e. The van der Waals surface area contributed by atoms with Crippen molar-refractivity contribution >= 4 is 17.9 Å². The number of nitrogens with two attached hydrogens (primary N) is 1. The van der Waals surface area contributed by atoms with E-state index in [-0.39, 0.29) is 5.92 Å². The normalized spacial score (nSPS) is 12.4. The maximum atomic E-state index is 12.2. The Hall–Kier alpha value is -3.73. The van der Waals surface area contributed by atoms with E-state index in [0.29, 0.717) is 25.3 Å². The fourth-order valence-electron chi connectivity index (χ4n) is 3.95. The summed E-state index contributed by atoms with van der Waals surface area (Å²) >= 11 is 0. The van der Waals surface area contributed by atoms with Crippen molar-refractivity contribution in [3.63, 3.8) is 0 Å². The molecule has 3 aromatic carbocycles. The van der Waals surface area contributed by atoms with Crippen LogP contribution in [-0.2, 0) is 4.74 Å². The van der Waals surface area contributed by atoms with Crippen LogP contribution in [0.15, 0.2) is 72.8 Å². The molecule has 0 saturated heterocycles. The number of amides is 1. The first-order valence-electron chi connectivity index (χ1n) is 10.4. The monoisotopic (exact) mass is 414 g/mol. The van der Waals surface area contributed by atoms with Crippen LogP contribution in [0.5, 0.6) is 5.75 Å². The van der Waals surface area contributed by atoms with Crippen molar-refractivity contribution in [2.75, 3.05) is 26.0 Å². The van der Waals surface area contributed by atoms with Crippen LogP contribution >= 0.6 is 0 Å². The SMILES string of the molecule is COc1ccc(C=CCCNC(=O)OCC2c3ccccc3-c3ccccc32)c(N)c1. The van der Waals surface area contributed by atoms with Crippen LogP contribution in [0.4, 0.5) is 10.5 Å². The molecule has 0 spiro atoms. The van der Waals surface area contributed by atoms with E-state index in [1.807, 2.05) is 48.6 Å². The van der Waals surface area contributed by atoms with E-state index >= 15 is 0 Å². The summed E-state index contributed by atoms with van der Waals surface area (Å²) in [6.45, 7) is 0.807. The first kappa shape index (κ1) is 20.5. The number of alkyl carbamates (subject to hydrolysis) is 1. The maximum Gasteiger partial charge on any atom is 0.407 e. The molecule has 1 aliphatic carbocycles. The van der Waals surface area contributed by atoms with E-state index in [4.69, 9.17) is 15.2 Å². The summed E-state index contributed by atoms with van der Waals surface area (Å²) in [5, 5.41) is 2.81. The zero-order chi connectivity index (χ0) is 21.6. The Labute approximate surface area is 182 Å². The Balaban J connectivity index is 1.27. The first-order chi connectivity index (χ1) is 15.2. The summed E-state index contributed by atoms with van der Waals surface area (Å²) in [5.41, 5.74) is 12.4. The van der Waals surface area contributed by atoms with Crippen molar-refractivity contribution in [3.05, 3.63) is 89.5 Å². The van der Waals surface area contributed by atoms with Crippen LogP contribution in [0.25, 0.3) is 17.2 Å². The second kappa shape index (κ2) is 9.39. The summed E-state index contributed by atoms with van der Waals surface area (Å²) in [4.78, 5) is 12.2. The number of fused-ring (bicyclic) bond motifs is 3. The highest BCUT2D eigenvalue weighted by Gasteiger charge is 2.28. The van der Waals surface area contributed by atoms with E-state index in [9.17, 15) is 4.79 Å². The van der Waals surface area contributed by atoms with Gasteiger partial charge in [-0.3, -0.25) is 0 Å². The number of rotatable bonds is 7. The van der Waals surface area contributed by atoms with Gasteiger partial charge >= 0.3 is 6.09 Å². The fraction of sp³-hybridized carbons (Fsp3) is 0.192. The number of hydrogen-bond acceptors (Lipinski definition) is 4. The predicted molar refractivity (Wildman–Crippen MR) is 124 cm³/mol. The van der Waals surface area contributed by atoms with Crippen LogP contribution in [0.3, 0.4) is 0 Å². The first-order valence-corrected chi connectivity index (χ1v) is 10.4. The van der Waals surface area contributed by atoms with Gasteiger partial charge in [0.2, 0.25) is 0 Å². The van der Waals surface area contributed by atoms with Crippen LogP contribution < -0.4 is 15.8 Å². The molecule has 1 amide bonds. The van der Waals surface area contributed by atoms with Gasteiger partial charge in [-0.05, 0) is 46.4 Å². The van der Waals surface area contributed by atoms with E-state index < -0.39 is 6.09 Å². The van der Waals surface area contributed by atoms with E-state index in [1.54, 1.807) is 13.2 Å². The van der Waals surface area contributed by atoms with Gasteiger partial charge in [-0.1, -0.05) is 60.7 Å². The van der Waals surface area contributed by atoms with Crippen LogP contribution in [0.2, 0.25) is 0 Å². The molecule has 0 heterocycles. The number of carbonyl (C=O) groups excluding carboxylic acids is 1. The fourth-order valence-corrected chi connectivity index (χ4v) is 3.95. The third-order valence-electron chi connectivity index (χ3n) is 5.52. The zero-order valence-corrected chi connectivity index (χ0v) is 17.5. The van der Waals surface area contributed by atoms with E-state index in [2.05, 4.69) is 29.6 Å². The van der Waals surface area contributed by atoms with Crippen molar-refractivity contribution in [1.29, 1.82) is 0 Å². The number of anilines is 1. The van der Waals surface area contributed by atoms with Crippen molar-refractivity contribution in [3.8, 4) is 16.9 Å². The Bertz CT molecular complexity index is 1060. The lowest BCUT2D eigenvalue weighted by molar-refractivity contribution is 0.143. The molecule has 0 aromatic heterocycles. The summed E-state index contributed by atoms with van der Waals surface area (Å²) < 4.78 is 10.7. The number of ether oxygens (including phenoxy) is 2.